The highest BCUT2D eigenvalue weighted by molar-refractivity contribution is 6.31. The number of hydrogen-bond donors (Lipinski definition) is 1. The van der Waals surface area contributed by atoms with Gasteiger partial charge in [-0.05, 0) is 6.42 Å². The van der Waals surface area contributed by atoms with Crippen LogP contribution in [-0.4, -0.2) is 16.3 Å². The summed E-state index contributed by atoms with van der Waals surface area (Å²) in [7, 11) is 1.86. The summed E-state index contributed by atoms with van der Waals surface area (Å²) in [5, 5.41) is 16.8. The van der Waals surface area contributed by atoms with Crippen molar-refractivity contribution in [3.63, 3.8) is 0 Å². The summed E-state index contributed by atoms with van der Waals surface area (Å²) in [6.07, 6.45) is 2.45. The molecule has 2 heterocycles. The molecular formula is C9H11ClN4. The Labute approximate surface area is 87.5 Å². The molecule has 2 unspecified atom stereocenters. The fourth-order valence-electron chi connectivity index (χ4n) is 1.85. The van der Waals surface area contributed by atoms with Crippen molar-refractivity contribution in [3.8, 4) is 6.07 Å². The maximum absolute atomic E-state index is 8.77. The molecule has 4 nitrogen and oxygen atoms in total. The highest BCUT2D eigenvalue weighted by Crippen LogP contribution is 2.30. The number of nitrogens with one attached hydrogen (secondary N) is 1. The number of hydrogen-bond acceptors (Lipinski definition) is 3. The van der Waals surface area contributed by atoms with Crippen molar-refractivity contribution in [3.05, 3.63) is 16.9 Å². The molecule has 1 fully saturated rings. The van der Waals surface area contributed by atoms with Crippen LogP contribution in [0.2, 0.25) is 5.02 Å². The Kier molecular flexibility index (Phi) is 2.44. The summed E-state index contributed by atoms with van der Waals surface area (Å²) < 4.78 is 1.76. The van der Waals surface area contributed by atoms with E-state index in [9.17, 15) is 0 Å². The summed E-state index contributed by atoms with van der Waals surface area (Å²) in [5.74, 6) is 0.0889. The van der Waals surface area contributed by atoms with E-state index in [1.165, 1.54) is 0 Å². The lowest BCUT2D eigenvalue weighted by Gasteiger charge is -2.10. The van der Waals surface area contributed by atoms with Crippen molar-refractivity contribution in [2.24, 2.45) is 13.0 Å². The van der Waals surface area contributed by atoms with Crippen LogP contribution in [0.15, 0.2) is 6.20 Å². The van der Waals surface area contributed by atoms with E-state index in [-0.39, 0.29) is 12.0 Å². The molecule has 1 aliphatic rings. The van der Waals surface area contributed by atoms with Crippen LogP contribution in [0.5, 0.6) is 0 Å². The first kappa shape index (κ1) is 9.50. The highest BCUT2D eigenvalue weighted by Gasteiger charge is 2.28. The van der Waals surface area contributed by atoms with Gasteiger partial charge in [-0.15, -0.1) is 0 Å². The zero-order chi connectivity index (χ0) is 10.1. The smallest absolute Gasteiger partial charge is 0.0834 e. The van der Waals surface area contributed by atoms with E-state index in [4.69, 9.17) is 16.9 Å². The fourth-order valence-corrected chi connectivity index (χ4v) is 2.15. The van der Waals surface area contributed by atoms with Gasteiger partial charge in [0.05, 0.1) is 34.9 Å². The van der Waals surface area contributed by atoms with Gasteiger partial charge in [-0.25, -0.2) is 0 Å². The molecule has 1 aliphatic heterocycles. The fraction of sp³-hybridized carbons (Fsp3) is 0.556. The summed E-state index contributed by atoms with van der Waals surface area (Å²) in [4.78, 5) is 0. The van der Waals surface area contributed by atoms with Gasteiger partial charge in [0, 0.05) is 13.6 Å². The Bertz CT molecular complexity index is 359. The average molecular weight is 211 g/mol. The van der Waals surface area contributed by atoms with Gasteiger partial charge in [0.25, 0.3) is 0 Å². The van der Waals surface area contributed by atoms with Gasteiger partial charge < -0.3 is 5.32 Å². The summed E-state index contributed by atoms with van der Waals surface area (Å²) in [6.45, 7) is 0.739. The first-order valence-corrected chi connectivity index (χ1v) is 4.90. The number of rotatable bonds is 1. The van der Waals surface area contributed by atoms with E-state index in [2.05, 4.69) is 16.5 Å². The van der Waals surface area contributed by atoms with Crippen LogP contribution in [-0.2, 0) is 7.05 Å². The Morgan fingerprint density at radius 3 is 3.07 bits per heavy atom. The maximum atomic E-state index is 8.77. The minimum Gasteiger partial charge on any atom is -0.307 e. The highest BCUT2D eigenvalue weighted by atomic mass is 35.5. The van der Waals surface area contributed by atoms with Crippen molar-refractivity contribution in [1.82, 2.24) is 15.1 Å². The molecule has 14 heavy (non-hydrogen) atoms. The van der Waals surface area contributed by atoms with Crippen LogP contribution in [0.25, 0.3) is 0 Å². The monoisotopic (exact) mass is 210 g/mol. The molecule has 5 heteroatoms. The molecule has 1 N–H and O–H groups in total. The lowest BCUT2D eigenvalue weighted by molar-refractivity contribution is 0.569. The Balaban J connectivity index is 2.22. The number of halogens is 1. The summed E-state index contributed by atoms with van der Waals surface area (Å²) in [6, 6.07) is 2.43. The van der Waals surface area contributed by atoms with Crippen molar-refractivity contribution >= 4 is 11.6 Å². The maximum Gasteiger partial charge on any atom is 0.0834 e. The second-order valence-corrected chi connectivity index (χ2v) is 3.93. The van der Waals surface area contributed by atoms with E-state index in [0.717, 1.165) is 18.7 Å². The number of nitriles is 1. The third-order valence-electron chi connectivity index (χ3n) is 2.58. The van der Waals surface area contributed by atoms with Crippen LogP contribution < -0.4 is 5.32 Å². The molecule has 2 rings (SSSR count). The van der Waals surface area contributed by atoms with Gasteiger partial charge >= 0.3 is 0 Å². The van der Waals surface area contributed by atoms with Crippen LogP contribution in [0, 0.1) is 17.2 Å². The largest absolute Gasteiger partial charge is 0.307 e. The third-order valence-corrected chi connectivity index (χ3v) is 2.87. The zero-order valence-electron chi connectivity index (χ0n) is 7.87. The lowest BCUT2D eigenvalue weighted by atomic mass is 10.1. The second-order valence-electron chi connectivity index (χ2n) is 3.52. The topological polar surface area (TPSA) is 53.6 Å². The molecular weight excluding hydrogens is 200 g/mol. The third kappa shape index (κ3) is 1.49. The molecule has 1 aromatic heterocycles. The molecule has 1 aromatic rings. The van der Waals surface area contributed by atoms with Gasteiger partial charge in [-0.3, -0.25) is 4.68 Å². The predicted octanol–water partition coefficient (Wildman–Crippen LogP) is 1.25. The molecule has 2 atom stereocenters. The Morgan fingerprint density at radius 2 is 2.57 bits per heavy atom. The van der Waals surface area contributed by atoms with Gasteiger partial charge in [-0.1, -0.05) is 11.6 Å². The minimum absolute atomic E-state index is 0.0889. The number of aromatic nitrogens is 2. The predicted molar refractivity (Wildman–Crippen MR) is 52.7 cm³/mol. The molecule has 0 amide bonds. The molecule has 0 spiro atoms. The van der Waals surface area contributed by atoms with E-state index in [1.807, 2.05) is 7.05 Å². The molecule has 1 saturated heterocycles. The minimum atomic E-state index is 0.0889. The average Bonchev–Trinajstić information content (AvgIpc) is 2.73. The SMILES string of the molecule is Cn1ncc(Cl)c1C1CC(C#N)CN1. The van der Waals surface area contributed by atoms with Gasteiger partial charge in [0.15, 0.2) is 0 Å². The normalized spacial score (nSPS) is 26.4. The van der Waals surface area contributed by atoms with Gasteiger partial charge in [-0.2, -0.15) is 10.4 Å². The second kappa shape index (κ2) is 3.60. The lowest BCUT2D eigenvalue weighted by Crippen LogP contribution is -2.16. The summed E-state index contributed by atoms with van der Waals surface area (Å²) in [5.41, 5.74) is 0.976. The van der Waals surface area contributed by atoms with Gasteiger partial charge in [0.1, 0.15) is 0 Å². The van der Waals surface area contributed by atoms with Crippen LogP contribution in [0.4, 0.5) is 0 Å². The molecule has 0 bridgehead atoms. The molecule has 0 radical (unpaired) electrons. The van der Waals surface area contributed by atoms with Crippen LogP contribution in [0.1, 0.15) is 18.2 Å². The van der Waals surface area contributed by atoms with Crippen molar-refractivity contribution in [2.45, 2.75) is 12.5 Å². The molecule has 0 saturated carbocycles. The van der Waals surface area contributed by atoms with Crippen LogP contribution >= 0.6 is 11.6 Å². The van der Waals surface area contributed by atoms with Crippen molar-refractivity contribution < 1.29 is 0 Å². The quantitative estimate of drug-likeness (QED) is 0.759. The molecule has 0 aliphatic carbocycles. The number of nitrogens with zero attached hydrogens (tertiary/aromatic N) is 3. The van der Waals surface area contributed by atoms with E-state index in [1.54, 1.807) is 10.9 Å². The van der Waals surface area contributed by atoms with E-state index in [0.29, 0.717) is 5.02 Å². The first-order chi connectivity index (χ1) is 6.72. The van der Waals surface area contributed by atoms with E-state index < -0.39 is 0 Å². The Hall–Kier alpha value is -1.05. The van der Waals surface area contributed by atoms with Crippen LogP contribution in [0.3, 0.4) is 0 Å². The Morgan fingerprint density at radius 1 is 1.79 bits per heavy atom. The number of aryl methyl sites for hydroxylation is 1. The van der Waals surface area contributed by atoms with E-state index >= 15 is 0 Å². The van der Waals surface area contributed by atoms with Crippen molar-refractivity contribution in [1.29, 1.82) is 5.26 Å². The summed E-state index contributed by atoms with van der Waals surface area (Å²) >= 11 is 6.01. The zero-order valence-corrected chi connectivity index (χ0v) is 8.62. The van der Waals surface area contributed by atoms with Crippen molar-refractivity contribution in [2.75, 3.05) is 6.54 Å². The van der Waals surface area contributed by atoms with Gasteiger partial charge in [0.2, 0.25) is 0 Å². The molecule has 0 aromatic carbocycles. The first-order valence-electron chi connectivity index (χ1n) is 4.52. The molecule has 74 valence electrons. The standard InChI is InChI=1S/C9H11ClN4/c1-14-9(7(10)5-13-14)8-2-6(3-11)4-12-8/h5-6,8,12H,2,4H2,1H3.